The number of hydroxylamine groups is 1. The molecule has 6 nitrogen and oxygen atoms in total. The molecule has 0 radical (unpaired) electrons. The molecular weight excluding hydrogens is 400 g/mol. The second-order valence-electron chi connectivity index (χ2n) is 7.96. The topological polar surface area (TPSA) is 86.7 Å². The van der Waals surface area contributed by atoms with Crippen molar-refractivity contribution in [2.45, 2.75) is 50.7 Å². The first-order chi connectivity index (χ1) is 14.2. The van der Waals surface area contributed by atoms with E-state index in [0.29, 0.717) is 13.1 Å². The number of nitrogens with zero attached hydrogens (tertiary/aromatic N) is 1. The molecule has 1 atom stereocenters. The van der Waals surface area contributed by atoms with Gasteiger partial charge in [0.15, 0.2) is 14.6 Å². The quantitative estimate of drug-likeness (QED) is 0.285. The minimum Gasteiger partial charge on any atom is -0.299 e. The van der Waals surface area contributed by atoms with Crippen LogP contribution in [0.3, 0.4) is 0 Å². The van der Waals surface area contributed by atoms with Gasteiger partial charge in [0, 0.05) is 37.9 Å². The number of nitrogens with one attached hydrogen (secondary N) is 1. The molecule has 1 aliphatic rings. The molecule has 0 fully saturated rings. The molecule has 1 aromatic carbocycles. The third-order valence-corrected chi connectivity index (χ3v) is 7.77. The maximum Gasteiger partial charge on any atom is 0.264 e. The lowest BCUT2D eigenvalue weighted by atomic mass is 9.98. The lowest BCUT2D eigenvalue weighted by molar-refractivity contribution is -0.131. The number of rotatable bonds is 8. The van der Waals surface area contributed by atoms with E-state index in [1.54, 1.807) is 0 Å². The predicted octanol–water partition coefficient (Wildman–Crippen LogP) is 3.02. The average molecular weight is 433 g/mol. The van der Waals surface area contributed by atoms with E-state index in [9.17, 15) is 13.2 Å². The summed E-state index contributed by atoms with van der Waals surface area (Å²) >= 11 is 0. The molecule has 0 saturated carbocycles. The summed E-state index contributed by atoms with van der Waals surface area (Å²) in [7, 11) is -3.67. The number of benzene rings is 1. The van der Waals surface area contributed by atoms with Crippen LogP contribution in [0.2, 0.25) is 0 Å². The molecule has 1 heterocycles. The van der Waals surface area contributed by atoms with E-state index in [1.165, 1.54) is 23.5 Å². The molecule has 7 heteroatoms. The van der Waals surface area contributed by atoms with Gasteiger partial charge in [-0.05, 0) is 49.5 Å². The summed E-state index contributed by atoms with van der Waals surface area (Å²) in [6.07, 6.45) is 7.35. The second-order valence-corrected chi connectivity index (χ2v) is 10.4. The fourth-order valence-corrected chi connectivity index (χ4v) is 4.18. The molecule has 2 N–H and O–H groups in total. The van der Waals surface area contributed by atoms with Crippen molar-refractivity contribution in [3.05, 3.63) is 41.5 Å². The van der Waals surface area contributed by atoms with Crippen LogP contribution < -0.4 is 5.48 Å². The van der Waals surface area contributed by atoms with E-state index in [2.05, 4.69) is 41.9 Å². The zero-order valence-corrected chi connectivity index (χ0v) is 18.9. The molecule has 1 aliphatic heterocycles. The average Bonchev–Trinajstić information content (AvgIpc) is 2.74. The Balaban J connectivity index is 1.96. The second kappa shape index (κ2) is 10.8. The highest BCUT2D eigenvalue weighted by Crippen LogP contribution is 2.25. The summed E-state index contributed by atoms with van der Waals surface area (Å²) in [4.78, 5) is 14.1. The van der Waals surface area contributed by atoms with Crippen LogP contribution in [0.25, 0.3) is 5.57 Å². The van der Waals surface area contributed by atoms with Gasteiger partial charge in [-0.3, -0.25) is 14.9 Å². The number of carbonyl (C=O) groups is 1. The Morgan fingerprint density at radius 2 is 2.00 bits per heavy atom. The molecule has 30 heavy (non-hydrogen) atoms. The summed E-state index contributed by atoms with van der Waals surface area (Å²) in [5.74, 6) is 5.50. The molecule has 0 spiro atoms. The van der Waals surface area contributed by atoms with Gasteiger partial charge in [0.2, 0.25) is 0 Å². The van der Waals surface area contributed by atoms with Crippen LogP contribution in [0.1, 0.15) is 57.1 Å². The van der Waals surface area contributed by atoms with E-state index >= 15 is 0 Å². The third kappa shape index (κ3) is 6.18. The largest absolute Gasteiger partial charge is 0.299 e. The highest BCUT2D eigenvalue weighted by atomic mass is 32.2. The number of hydrogen-bond donors (Lipinski definition) is 2. The van der Waals surface area contributed by atoms with Crippen molar-refractivity contribution in [1.29, 1.82) is 0 Å². The minimum atomic E-state index is -3.67. The third-order valence-electron chi connectivity index (χ3n) is 5.74. The van der Waals surface area contributed by atoms with Crippen LogP contribution in [0.15, 0.2) is 30.3 Å². The smallest absolute Gasteiger partial charge is 0.264 e. The lowest BCUT2D eigenvalue weighted by Crippen LogP contribution is -2.51. The summed E-state index contributed by atoms with van der Waals surface area (Å²) in [6.45, 7) is 5.43. The van der Waals surface area contributed by atoms with Crippen molar-refractivity contribution in [2.24, 2.45) is 0 Å². The Labute approximate surface area is 180 Å². The maximum absolute atomic E-state index is 12.1. The van der Waals surface area contributed by atoms with Crippen molar-refractivity contribution < 1.29 is 18.4 Å². The van der Waals surface area contributed by atoms with Crippen LogP contribution >= 0.6 is 0 Å². The summed E-state index contributed by atoms with van der Waals surface area (Å²) < 4.78 is 22.5. The highest BCUT2D eigenvalue weighted by Gasteiger charge is 2.43. The zero-order valence-electron chi connectivity index (χ0n) is 18.1. The zero-order chi connectivity index (χ0) is 22.2. The Morgan fingerprint density at radius 3 is 2.53 bits per heavy atom. The fourth-order valence-electron chi connectivity index (χ4n) is 3.33. The van der Waals surface area contributed by atoms with Crippen molar-refractivity contribution >= 4 is 21.3 Å². The Hall–Kier alpha value is -2.14. The van der Waals surface area contributed by atoms with E-state index in [-0.39, 0.29) is 6.42 Å². The molecule has 1 unspecified atom stereocenters. The van der Waals surface area contributed by atoms with E-state index < -0.39 is 20.5 Å². The Morgan fingerprint density at radius 1 is 1.30 bits per heavy atom. The summed E-state index contributed by atoms with van der Waals surface area (Å²) in [5, 5.41) is 8.93. The van der Waals surface area contributed by atoms with Gasteiger partial charge in [0.1, 0.15) is 0 Å². The van der Waals surface area contributed by atoms with E-state index in [0.717, 1.165) is 44.0 Å². The van der Waals surface area contributed by atoms with Crippen LogP contribution in [0.4, 0.5) is 0 Å². The first-order valence-corrected chi connectivity index (χ1v) is 12.2. The standard InChI is InChI=1S/C23H32N2O4S/c1-4-5-6-7-8-19-9-11-20(12-10-19)21-13-16-25(17-14-21)18-15-23(2,22(26)24-27)30(3,28)29/h9-13,27H,4-6,14-18H2,1-3H3,(H,24,26). The van der Waals surface area contributed by atoms with Crippen molar-refractivity contribution in [1.82, 2.24) is 10.4 Å². The summed E-state index contributed by atoms with van der Waals surface area (Å²) in [5.41, 5.74) is 4.95. The van der Waals surface area contributed by atoms with Crippen LogP contribution in [-0.2, 0) is 14.6 Å². The Kier molecular flexibility index (Phi) is 8.65. The van der Waals surface area contributed by atoms with Crippen molar-refractivity contribution in [3.8, 4) is 11.8 Å². The van der Waals surface area contributed by atoms with Crippen LogP contribution in [-0.4, -0.2) is 55.1 Å². The van der Waals surface area contributed by atoms with Crippen LogP contribution in [0.5, 0.6) is 0 Å². The number of unbranched alkanes of at least 4 members (excludes halogenated alkanes) is 2. The molecule has 0 bridgehead atoms. The molecular formula is C23H32N2O4S. The number of hydrogen-bond acceptors (Lipinski definition) is 5. The summed E-state index contributed by atoms with van der Waals surface area (Å²) in [6, 6.07) is 8.29. The Bertz CT molecular complexity index is 926. The molecule has 164 valence electrons. The number of carbonyl (C=O) groups excluding carboxylic acids is 1. The minimum absolute atomic E-state index is 0.118. The van der Waals surface area contributed by atoms with Gasteiger partial charge in [0.25, 0.3) is 5.91 Å². The van der Waals surface area contributed by atoms with Crippen molar-refractivity contribution in [2.75, 3.05) is 25.9 Å². The van der Waals surface area contributed by atoms with Gasteiger partial charge < -0.3 is 0 Å². The predicted molar refractivity (Wildman–Crippen MR) is 120 cm³/mol. The monoisotopic (exact) mass is 432 g/mol. The molecule has 0 saturated heterocycles. The first-order valence-electron chi connectivity index (χ1n) is 10.4. The van der Waals surface area contributed by atoms with Gasteiger partial charge >= 0.3 is 0 Å². The van der Waals surface area contributed by atoms with Gasteiger partial charge in [-0.1, -0.05) is 43.4 Å². The van der Waals surface area contributed by atoms with Crippen LogP contribution in [0, 0.1) is 11.8 Å². The fraction of sp³-hybridized carbons (Fsp3) is 0.522. The normalized spacial score (nSPS) is 16.7. The molecule has 0 aromatic heterocycles. The van der Waals surface area contributed by atoms with Gasteiger partial charge in [-0.15, -0.1) is 0 Å². The van der Waals surface area contributed by atoms with Gasteiger partial charge in [-0.2, -0.15) is 0 Å². The first kappa shape index (κ1) is 24.1. The molecule has 1 amide bonds. The van der Waals surface area contributed by atoms with Crippen molar-refractivity contribution in [3.63, 3.8) is 0 Å². The number of amides is 1. The SMILES string of the molecule is CCCCC#Cc1ccc(C2=CCN(CCC(C)(C(=O)NO)S(C)(=O)=O)CC2)cc1. The van der Waals surface area contributed by atoms with Gasteiger partial charge in [0.05, 0.1) is 0 Å². The molecule has 1 aromatic rings. The highest BCUT2D eigenvalue weighted by molar-refractivity contribution is 7.92. The molecule has 2 rings (SSSR count). The lowest BCUT2D eigenvalue weighted by Gasteiger charge is -2.31. The van der Waals surface area contributed by atoms with E-state index in [1.807, 2.05) is 12.1 Å². The van der Waals surface area contributed by atoms with Gasteiger partial charge in [-0.25, -0.2) is 13.9 Å². The number of sulfone groups is 1. The maximum atomic E-state index is 12.1. The van der Waals surface area contributed by atoms with E-state index in [4.69, 9.17) is 5.21 Å². The molecule has 0 aliphatic carbocycles.